The number of piperazine rings is 1. The van der Waals surface area contributed by atoms with Crippen LogP contribution in [-0.4, -0.2) is 71.1 Å². The molecule has 0 aromatic heterocycles. The lowest BCUT2D eigenvalue weighted by Gasteiger charge is -2.34. The molecule has 3 rings (SSSR count). The van der Waals surface area contributed by atoms with Crippen LogP contribution >= 0.6 is 0 Å². The standard InChI is InChI=1S/C22H29N3O5S/c1-29-20-9-8-19(16-21(20)30-2)31(27,28)23-11-10-22(26)25-14-12-24(13-15-25)17-18-6-4-3-5-7-18/h3-9,16,23H,10-15,17H2,1-2H3. The SMILES string of the molecule is COc1ccc(S(=O)(=O)NCCC(=O)N2CCN(Cc3ccccc3)CC2)cc1OC. The van der Waals surface area contributed by atoms with Gasteiger partial charge in [-0.25, -0.2) is 13.1 Å². The summed E-state index contributed by atoms with van der Waals surface area (Å²) in [6.07, 6.45) is 0.116. The molecule has 1 aliphatic rings. The molecule has 0 atom stereocenters. The molecule has 1 fully saturated rings. The van der Waals surface area contributed by atoms with E-state index in [9.17, 15) is 13.2 Å². The van der Waals surface area contributed by atoms with E-state index in [0.29, 0.717) is 24.6 Å². The van der Waals surface area contributed by atoms with Crippen LogP contribution in [0.5, 0.6) is 11.5 Å². The summed E-state index contributed by atoms with van der Waals surface area (Å²) in [5, 5.41) is 0. The molecule has 2 aromatic carbocycles. The highest BCUT2D eigenvalue weighted by Crippen LogP contribution is 2.29. The van der Waals surface area contributed by atoms with Gasteiger partial charge in [0.25, 0.3) is 0 Å². The van der Waals surface area contributed by atoms with Crippen molar-refractivity contribution in [3.05, 3.63) is 54.1 Å². The summed E-state index contributed by atoms with van der Waals surface area (Å²) in [5.74, 6) is 0.729. The number of nitrogens with zero attached hydrogens (tertiary/aromatic N) is 2. The summed E-state index contributed by atoms with van der Waals surface area (Å²) in [6, 6.07) is 14.6. The number of ether oxygens (including phenoxy) is 2. The third-order valence-corrected chi connectivity index (χ3v) is 6.73. The van der Waals surface area contributed by atoms with Gasteiger partial charge in [-0.2, -0.15) is 0 Å². The number of carbonyl (C=O) groups excluding carboxylic acids is 1. The van der Waals surface area contributed by atoms with Crippen molar-refractivity contribution in [2.75, 3.05) is 46.9 Å². The number of rotatable bonds is 9. The van der Waals surface area contributed by atoms with Crippen LogP contribution in [0.3, 0.4) is 0 Å². The summed E-state index contributed by atoms with van der Waals surface area (Å²) >= 11 is 0. The van der Waals surface area contributed by atoms with Crippen molar-refractivity contribution >= 4 is 15.9 Å². The third kappa shape index (κ3) is 6.19. The maximum absolute atomic E-state index is 12.5. The Labute approximate surface area is 183 Å². The number of benzene rings is 2. The molecular weight excluding hydrogens is 418 g/mol. The Balaban J connectivity index is 1.46. The zero-order chi connectivity index (χ0) is 22.3. The second kappa shape index (κ2) is 10.6. The molecule has 31 heavy (non-hydrogen) atoms. The molecule has 9 heteroatoms. The van der Waals surface area contributed by atoms with Crippen LogP contribution in [0.1, 0.15) is 12.0 Å². The number of nitrogens with one attached hydrogen (secondary N) is 1. The predicted molar refractivity (Wildman–Crippen MR) is 118 cm³/mol. The van der Waals surface area contributed by atoms with Crippen LogP contribution in [0, 0.1) is 0 Å². The van der Waals surface area contributed by atoms with Gasteiger partial charge < -0.3 is 14.4 Å². The van der Waals surface area contributed by atoms with Crippen LogP contribution in [0.25, 0.3) is 0 Å². The number of hydrogen-bond acceptors (Lipinski definition) is 6. The van der Waals surface area contributed by atoms with E-state index in [1.165, 1.54) is 38.0 Å². The van der Waals surface area contributed by atoms with Crippen LogP contribution in [0.2, 0.25) is 0 Å². The molecule has 2 aromatic rings. The Kier molecular flexibility index (Phi) is 7.89. The van der Waals surface area contributed by atoms with E-state index in [1.54, 1.807) is 4.90 Å². The van der Waals surface area contributed by atoms with Crippen LogP contribution in [0.15, 0.2) is 53.4 Å². The average Bonchev–Trinajstić information content (AvgIpc) is 2.79. The van der Waals surface area contributed by atoms with E-state index in [0.717, 1.165) is 19.6 Å². The fraction of sp³-hybridized carbons (Fsp3) is 0.409. The number of amides is 1. The molecule has 0 spiro atoms. The van der Waals surface area contributed by atoms with Gasteiger partial charge >= 0.3 is 0 Å². The molecule has 0 unspecified atom stereocenters. The summed E-state index contributed by atoms with van der Waals surface area (Å²) in [7, 11) is -0.824. The molecule has 1 N–H and O–H groups in total. The van der Waals surface area contributed by atoms with Gasteiger partial charge in [0.05, 0.1) is 19.1 Å². The molecule has 8 nitrogen and oxygen atoms in total. The minimum atomic E-state index is -3.75. The molecule has 0 aliphatic carbocycles. The van der Waals surface area contributed by atoms with Gasteiger partial charge in [-0.15, -0.1) is 0 Å². The van der Waals surface area contributed by atoms with Gasteiger partial charge in [0, 0.05) is 51.8 Å². The summed E-state index contributed by atoms with van der Waals surface area (Å²) < 4.78 is 37.9. The molecule has 1 heterocycles. The fourth-order valence-electron chi connectivity index (χ4n) is 3.51. The smallest absolute Gasteiger partial charge is 0.240 e. The topological polar surface area (TPSA) is 88.2 Å². The lowest BCUT2D eigenvalue weighted by Crippen LogP contribution is -2.48. The molecule has 0 bridgehead atoms. The lowest BCUT2D eigenvalue weighted by molar-refractivity contribution is -0.132. The number of sulfonamides is 1. The van der Waals surface area contributed by atoms with E-state index in [2.05, 4.69) is 21.8 Å². The Hall–Kier alpha value is -2.62. The van der Waals surface area contributed by atoms with Gasteiger partial charge in [0.2, 0.25) is 15.9 Å². The first kappa shape index (κ1) is 23.1. The van der Waals surface area contributed by atoms with Crippen molar-refractivity contribution in [3.63, 3.8) is 0 Å². The van der Waals surface area contributed by atoms with E-state index in [1.807, 2.05) is 18.2 Å². The monoisotopic (exact) mass is 447 g/mol. The van der Waals surface area contributed by atoms with E-state index < -0.39 is 10.0 Å². The van der Waals surface area contributed by atoms with Crippen molar-refractivity contribution in [2.24, 2.45) is 0 Å². The van der Waals surface area contributed by atoms with Gasteiger partial charge in [0.1, 0.15) is 0 Å². The highest BCUT2D eigenvalue weighted by Gasteiger charge is 2.22. The average molecular weight is 448 g/mol. The van der Waals surface area contributed by atoms with Crippen molar-refractivity contribution < 1.29 is 22.7 Å². The van der Waals surface area contributed by atoms with Gasteiger partial charge in [-0.1, -0.05) is 30.3 Å². The maximum Gasteiger partial charge on any atom is 0.240 e. The number of hydrogen-bond donors (Lipinski definition) is 1. The summed E-state index contributed by atoms with van der Waals surface area (Å²) in [5.41, 5.74) is 1.26. The quantitative estimate of drug-likeness (QED) is 0.630. The van der Waals surface area contributed by atoms with Crippen molar-refractivity contribution in [3.8, 4) is 11.5 Å². The molecular formula is C22H29N3O5S. The minimum Gasteiger partial charge on any atom is -0.493 e. The lowest BCUT2D eigenvalue weighted by atomic mass is 10.2. The van der Waals surface area contributed by atoms with Gasteiger partial charge in [-0.3, -0.25) is 9.69 Å². The zero-order valence-electron chi connectivity index (χ0n) is 17.9. The Morgan fingerprint density at radius 3 is 2.29 bits per heavy atom. The molecule has 0 saturated carbocycles. The largest absolute Gasteiger partial charge is 0.493 e. The fourth-order valence-corrected chi connectivity index (χ4v) is 4.56. The van der Waals surface area contributed by atoms with Crippen LogP contribution < -0.4 is 14.2 Å². The van der Waals surface area contributed by atoms with Gasteiger partial charge in [-0.05, 0) is 17.7 Å². The van der Waals surface area contributed by atoms with Crippen molar-refractivity contribution in [2.45, 2.75) is 17.9 Å². The predicted octanol–water partition coefficient (Wildman–Crippen LogP) is 1.72. The third-order valence-electron chi connectivity index (χ3n) is 5.27. The van der Waals surface area contributed by atoms with E-state index >= 15 is 0 Å². The Morgan fingerprint density at radius 1 is 0.968 bits per heavy atom. The van der Waals surface area contributed by atoms with E-state index in [4.69, 9.17) is 9.47 Å². The number of methoxy groups -OCH3 is 2. The molecule has 1 aliphatic heterocycles. The first-order valence-corrected chi connectivity index (χ1v) is 11.7. The Bertz CT molecular complexity index is 974. The minimum absolute atomic E-state index is 0.0414. The molecule has 1 saturated heterocycles. The first-order chi connectivity index (χ1) is 14.9. The van der Waals surface area contributed by atoms with Crippen LogP contribution in [0.4, 0.5) is 0 Å². The highest BCUT2D eigenvalue weighted by atomic mass is 32.2. The summed E-state index contributed by atoms with van der Waals surface area (Å²) in [6.45, 7) is 3.81. The van der Waals surface area contributed by atoms with Crippen LogP contribution in [-0.2, 0) is 21.4 Å². The summed E-state index contributed by atoms with van der Waals surface area (Å²) in [4.78, 5) is 16.7. The van der Waals surface area contributed by atoms with Crippen molar-refractivity contribution in [1.29, 1.82) is 0 Å². The Morgan fingerprint density at radius 2 is 1.65 bits per heavy atom. The molecule has 0 radical (unpaired) electrons. The second-order valence-electron chi connectivity index (χ2n) is 7.31. The zero-order valence-corrected chi connectivity index (χ0v) is 18.7. The first-order valence-electron chi connectivity index (χ1n) is 10.2. The van der Waals surface area contributed by atoms with E-state index in [-0.39, 0.29) is 23.8 Å². The number of carbonyl (C=O) groups is 1. The highest BCUT2D eigenvalue weighted by molar-refractivity contribution is 7.89. The van der Waals surface area contributed by atoms with Crippen molar-refractivity contribution in [1.82, 2.24) is 14.5 Å². The normalized spacial score (nSPS) is 15.0. The second-order valence-corrected chi connectivity index (χ2v) is 9.07. The molecule has 168 valence electrons. The van der Waals surface area contributed by atoms with Gasteiger partial charge in [0.15, 0.2) is 11.5 Å². The maximum atomic E-state index is 12.5. The molecule has 1 amide bonds.